The first-order chi connectivity index (χ1) is 17.3. The number of β-amino-alcohol motifs (C(OH)–C–C–N with tert-alkyl or cyclic N) is 1. The molecule has 0 radical (unpaired) electrons. The van der Waals surface area contributed by atoms with Crippen molar-refractivity contribution < 1.29 is 19.1 Å². The van der Waals surface area contributed by atoms with E-state index >= 15 is 0 Å². The number of hydrazone groups is 1. The molecule has 3 saturated heterocycles. The fourth-order valence-electron chi connectivity index (χ4n) is 5.39. The summed E-state index contributed by atoms with van der Waals surface area (Å²) in [5.41, 5.74) is 0.210. The second-order valence-corrected chi connectivity index (χ2v) is 9.97. The van der Waals surface area contributed by atoms with Gasteiger partial charge >= 0.3 is 0 Å². The predicted molar refractivity (Wildman–Crippen MR) is 138 cm³/mol. The van der Waals surface area contributed by atoms with E-state index in [-0.39, 0.29) is 24.1 Å². The summed E-state index contributed by atoms with van der Waals surface area (Å²) >= 11 is 0. The molecule has 10 heteroatoms. The zero-order valence-electron chi connectivity index (χ0n) is 21.0. The van der Waals surface area contributed by atoms with Gasteiger partial charge in [0.25, 0.3) is 0 Å². The van der Waals surface area contributed by atoms with Crippen molar-refractivity contribution in [2.75, 3.05) is 42.9 Å². The van der Waals surface area contributed by atoms with Gasteiger partial charge in [0.2, 0.25) is 11.8 Å². The molecule has 0 bridgehead atoms. The van der Waals surface area contributed by atoms with Gasteiger partial charge in [0.05, 0.1) is 17.3 Å². The van der Waals surface area contributed by atoms with Crippen LogP contribution in [0.5, 0.6) is 0 Å². The Hall–Kier alpha value is -2.98. The van der Waals surface area contributed by atoms with Crippen LogP contribution in [0.15, 0.2) is 36.1 Å². The smallest absolute Gasteiger partial charge is 0.249 e. The Kier molecular flexibility index (Phi) is 8.25. The number of anilines is 2. The van der Waals surface area contributed by atoms with Gasteiger partial charge in [0, 0.05) is 57.2 Å². The van der Waals surface area contributed by atoms with Crippen LogP contribution in [0.3, 0.4) is 0 Å². The molecule has 9 nitrogen and oxygen atoms in total. The van der Waals surface area contributed by atoms with Crippen LogP contribution in [0.1, 0.15) is 45.4 Å². The van der Waals surface area contributed by atoms with Gasteiger partial charge in [0.1, 0.15) is 11.9 Å². The average molecular weight is 501 g/mol. The molecule has 0 aromatic heterocycles. The Morgan fingerprint density at radius 2 is 1.97 bits per heavy atom. The molecule has 3 N–H and O–H groups in total. The van der Waals surface area contributed by atoms with Gasteiger partial charge in [-0.1, -0.05) is 6.58 Å². The number of benzene rings is 1. The van der Waals surface area contributed by atoms with Gasteiger partial charge in [-0.15, -0.1) is 0 Å². The normalized spacial score (nSPS) is 23.5. The van der Waals surface area contributed by atoms with E-state index in [1.165, 1.54) is 6.07 Å². The van der Waals surface area contributed by atoms with Gasteiger partial charge in [-0.2, -0.15) is 5.10 Å². The first-order valence-electron chi connectivity index (χ1n) is 12.8. The van der Waals surface area contributed by atoms with Crippen molar-refractivity contribution in [1.82, 2.24) is 15.2 Å². The summed E-state index contributed by atoms with van der Waals surface area (Å²) in [7, 11) is 0. The molecule has 0 aliphatic carbocycles. The maximum Gasteiger partial charge on any atom is 0.249 e. The highest BCUT2D eigenvalue weighted by Gasteiger charge is 2.36. The highest BCUT2D eigenvalue weighted by atomic mass is 19.1. The maximum atomic E-state index is 15.0. The lowest BCUT2D eigenvalue weighted by atomic mass is 9.89. The van der Waals surface area contributed by atoms with E-state index in [1.807, 2.05) is 16.8 Å². The molecule has 1 atom stereocenters. The molecule has 1 unspecified atom stereocenters. The number of amides is 2. The minimum atomic E-state index is -0.785. The number of likely N-dealkylation sites (tertiary alicyclic amines) is 1. The van der Waals surface area contributed by atoms with E-state index in [4.69, 9.17) is 0 Å². The van der Waals surface area contributed by atoms with Crippen LogP contribution >= 0.6 is 0 Å². The van der Waals surface area contributed by atoms with Crippen LogP contribution in [0.4, 0.5) is 15.8 Å². The van der Waals surface area contributed by atoms with E-state index in [1.54, 1.807) is 24.5 Å². The third-order valence-electron chi connectivity index (χ3n) is 7.45. The molecular weight excluding hydrogens is 463 g/mol. The number of carbonyl (C=O) groups is 2. The predicted octanol–water partition coefficient (Wildman–Crippen LogP) is 2.29. The van der Waals surface area contributed by atoms with Gasteiger partial charge in [-0.25, -0.2) is 4.39 Å². The molecule has 196 valence electrons. The highest BCUT2D eigenvalue weighted by molar-refractivity contribution is 6.01. The van der Waals surface area contributed by atoms with Crippen molar-refractivity contribution in [3.05, 3.63) is 36.8 Å². The van der Waals surface area contributed by atoms with Crippen LogP contribution in [-0.2, 0) is 9.59 Å². The maximum absolute atomic E-state index is 15.0. The number of nitrogens with zero attached hydrogens (tertiary/aromatic N) is 4. The minimum Gasteiger partial charge on any atom is -0.388 e. The van der Waals surface area contributed by atoms with Crippen molar-refractivity contribution in [2.24, 2.45) is 5.10 Å². The number of halogens is 1. The second-order valence-electron chi connectivity index (χ2n) is 9.97. The van der Waals surface area contributed by atoms with Crippen LogP contribution < -0.4 is 15.5 Å². The number of nitrogens with one attached hydrogen (secondary N) is 2. The van der Waals surface area contributed by atoms with Crippen LogP contribution in [0.25, 0.3) is 0 Å². The quantitative estimate of drug-likeness (QED) is 0.286. The van der Waals surface area contributed by atoms with E-state index in [9.17, 15) is 19.1 Å². The number of aliphatic hydroxyl groups is 1. The summed E-state index contributed by atoms with van der Waals surface area (Å²) < 4.78 is 15.0. The number of imide groups is 1. The summed E-state index contributed by atoms with van der Waals surface area (Å²) in [5, 5.41) is 22.8. The van der Waals surface area contributed by atoms with Crippen LogP contribution in [0.2, 0.25) is 0 Å². The number of hydrogen-bond donors (Lipinski definition) is 3. The monoisotopic (exact) mass is 500 g/mol. The van der Waals surface area contributed by atoms with Crippen molar-refractivity contribution in [3.8, 4) is 0 Å². The SMILES string of the molecule is C=CN(/N=C\C)C1CCN(CC2(O)CCN(c3ccc(NC4CCC(=O)NC4=O)cc3F)CC2)CC1. The summed E-state index contributed by atoms with van der Waals surface area (Å²) in [4.78, 5) is 27.6. The lowest BCUT2D eigenvalue weighted by molar-refractivity contribution is -0.133. The average Bonchev–Trinajstić information content (AvgIpc) is 2.86. The van der Waals surface area contributed by atoms with Gasteiger partial charge in [-0.05, 0) is 57.2 Å². The Bertz CT molecular complexity index is 986. The first kappa shape index (κ1) is 26.1. The molecule has 1 aromatic carbocycles. The third kappa shape index (κ3) is 6.22. The second kappa shape index (κ2) is 11.4. The summed E-state index contributed by atoms with van der Waals surface area (Å²) in [6, 6.07) is 4.63. The van der Waals surface area contributed by atoms with Gasteiger partial charge in [-0.3, -0.25) is 19.9 Å². The standard InChI is InChI=1S/C26H37FN6O3/c1-3-28-33(4-2)20-9-13-31(14-10-20)18-26(36)11-15-32(16-12-26)23-7-5-19(17-21(23)27)29-22-6-8-24(34)30-25(22)35/h3-5,7,17,20,22,29,36H,2,6,8-16,18H2,1H3,(H,30,34,35)/b28-3-. The lowest BCUT2D eigenvalue weighted by Crippen LogP contribution is -2.53. The molecule has 0 saturated carbocycles. The minimum absolute atomic E-state index is 0.263. The van der Waals surface area contributed by atoms with Crippen molar-refractivity contribution >= 4 is 29.4 Å². The zero-order valence-corrected chi connectivity index (χ0v) is 21.0. The molecule has 2 amide bonds. The van der Waals surface area contributed by atoms with E-state index in [2.05, 4.69) is 27.2 Å². The van der Waals surface area contributed by atoms with E-state index in [0.29, 0.717) is 56.3 Å². The van der Waals surface area contributed by atoms with Crippen LogP contribution in [-0.4, -0.2) is 83.5 Å². The molecular formula is C26H37FN6O3. The van der Waals surface area contributed by atoms with Crippen molar-refractivity contribution in [3.63, 3.8) is 0 Å². The van der Waals surface area contributed by atoms with Crippen molar-refractivity contribution in [2.45, 2.75) is 63.1 Å². The number of carbonyl (C=O) groups excluding carboxylic acids is 2. The molecule has 4 rings (SSSR count). The van der Waals surface area contributed by atoms with E-state index < -0.39 is 11.6 Å². The fraction of sp³-hybridized carbons (Fsp3) is 0.577. The molecule has 3 aliphatic heterocycles. The fourth-order valence-corrected chi connectivity index (χ4v) is 5.39. The molecule has 1 aromatic rings. The highest BCUT2D eigenvalue weighted by Crippen LogP contribution is 2.31. The Morgan fingerprint density at radius 1 is 1.25 bits per heavy atom. The number of hydrogen-bond acceptors (Lipinski definition) is 8. The van der Waals surface area contributed by atoms with Crippen molar-refractivity contribution in [1.29, 1.82) is 0 Å². The third-order valence-corrected chi connectivity index (χ3v) is 7.45. The Labute approximate surface area is 212 Å². The Balaban J connectivity index is 1.27. The topological polar surface area (TPSA) is 101 Å². The van der Waals surface area contributed by atoms with Crippen LogP contribution in [0, 0.1) is 5.82 Å². The van der Waals surface area contributed by atoms with Gasteiger partial charge in [0.15, 0.2) is 0 Å². The Morgan fingerprint density at radius 3 is 2.58 bits per heavy atom. The summed E-state index contributed by atoms with van der Waals surface area (Å²) in [5.74, 6) is -1.04. The molecule has 3 heterocycles. The molecule has 36 heavy (non-hydrogen) atoms. The first-order valence-corrected chi connectivity index (χ1v) is 12.8. The molecule has 0 spiro atoms. The molecule has 3 aliphatic rings. The molecule has 3 fully saturated rings. The summed E-state index contributed by atoms with van der Waals surface area (Å²) in [6.07, 6.45) is 7.26. The largest absolute Gasteiger partial charge is 0.388 e. The number of piperidine rings is 3. The zero-order chi connectivity index (χ0) is 25.7. The van der Waals surface area contributed by atoms with E-state index in [0.717, 1.165) is 25.9 Å². The van der Waals surface area contributed by atoms with Gasteiger partial charge < -0.3 is 20.2 Å². The lowest BCUT2D eigenvalue weighted by Gasteiger charge is -2.44. The number of rotatable bonds is 8. The summed E-state index contributed by atoms with van der Waals surface area (Å²) in [6.45, 7) is 9.30.